The Labute approximate surface area is 220 Å². The predicted octanol–water partition coefficient (Wildman–Crippen LogP) is 4.45. The summed E-state index contributed by atoms with van der Waals surface area (Å²) in [4.78, 5) is 30.6. The highest BCUT2D eigenvalue weighted by atomic mass is 16.5. The highest BCUT2D eigenvalue weighted by molar-refractivity contribution is 6.13. The van der Waals surface area contributed by atoms with E-state index in [0.717, 1.165) is 31.3 Å². The maximum Gasteiger partial charge on any atom is 0.240 e. The van der Waals surface area contributed by atoms with E-state index in [1.54, 1.807) is 63.9 Å². The quantitative estimate of drug-likeness (QED) is 0.383. The van der Waals surface area contributed by atoms with Crippen LogP contribution in [0.15, 0.2) is 48.7 Å². The summed E-state index contributed by atoms with van der Waals surface area (Å²) in [6.07, 6.45) is 5.61. The van der Waals surface area contributed by atoms with Crippen molar-refractivity contribution in [3.63, 3.8) is 0 Å². The van der Waals surface area contributed by atoms with Gasteiger partial charge in [-0.05, 0) is 68.5 Å². The maximum absolute atomic E-state index is 13.1. The first kappa shape index (κ1) is 24.5. The van der Waals surface area contributed by atoms with Gasteiger partial charge in [0, 0.05) is 41.4 Å². The minimum absolute atomic E-state index is 0.142. The number of amides is 2. The summed E-state index contributed by atoms with van der Waals surface area (Å²) >= 11 is 0. The van der Waals surface area contributed by atoms with Crippen molar-refractivity contribution in [2.45, 2.75) is 37.6 Å². The highest BCUT2D eigenvalue weighted by Crippen LogP contribution is 2.67. The first-order valence-electron chi connectivity index (χ1n) is 12.8. The Kier molecular flexibility index (Phi) is 5.72. The molecule has 0 atom stereocenters. The number of hydrogen-bond donors (Lipinski definition) is 2. The number of pyridine rings is 1. The molecule has 38 heavy (non-hydrogen) atoms. The van der Waals surface area contributed by atoms with Crippen molar-refractivity contribution in [2.75, 3.05) is 33.3 Å². The Hall–Kier alpha value is -3.85. The molecular formula is C29H31N3O6. The minimum atomic E-state index is -0.977. The van der Waals surface area contributed by atoms with Crippen LogP contribution in [0.25, 0.3) is 10.9 Å². The monoisotopic (exact) mass is 517 g/mol. The zero-order chi connectivity index (χ0) is 26.5. The van der Waals surface area contributed by atoms with Crippen LogP contribution in [0.3, 0.4) is 0 Å². The molecule has 4 aliphatic rings. The first-order chi connectivity index (χ1) is 18.3. The average Bonchev–Trinajstić information content (AvgIpc) is 3.69. The third-order valence-electron chi connectivity index (χ3n) is 8.14. The molecular weight excluding hydrogens is 486 g/mol. The average molecular weight is 518 g/mol. The van der Waals surface area contributed by atoms with E-state index in [1.165, 1.54) is 0 Å². The molecule has 0 aliphatic heterocycles. The number of fused-ring (bicyclic) bond motifs is 1. The van der Waals surface area contributed by atoms with Crippen LogP contribution in [0.2, 0.25) is 0 Å². The number of benzene rings is 2. The molecule has 2 bridgehead atoms. The van der Waals surface area contributed by atoms with Gasteiger partial charge in [-0.1, -0.05) is 0 Å². The number of anilines is 1. The number of carbonyl (C=O) groups is 2. The summed E-state index contributed by atoms with van der Waals surface area (Å²) in [5.74, 6) is 1.96. The molecule has 2 amide bonds. The lowest BCUT2D eigenvalue weighted by atomic mass is 9.39. The molecule has 0 spiro atoms. The van der Waals surface area contributed by atoms with Gasteiger partial charge in [-0.2, -0.15) is 0 Å². The number of nitrogens with zero attached hydrogens (tertiary/aromatic N) is 1. The Morgan fingerprint density at radius 2 is 1.58 bits per heavy atom. The minimum Gasteiger partial charge on any atom is -0.493 e. The Morgan fingerprint density at radius 3 is 2.21 bits per heavy atom. The number of nitrogens with one attached hydrogen (secondary N) is 2. The van der Waals surface area contributed by atoms with Gasteiger partial charge in [0.2, 0.25) is 11.8 Å². The number of aromatic nitrogens is 1. The third-order valence-corrected chi connectivity index (χ3v) is 8.14. The molecule has 4 aliphatic carbocycles. The van der Waals surface area contributed by atoms with Crippen LogP contribution in [0.1, 0.15) is 32.1 Å². The van der Waals surface area contributed by atoms with E-state index in [4.69, 9.17) is 18.9 Å². The molecule has 1 heterocycles. The summed E-state index contributed by atoms with van der Waals surface area (Å²) in [7, 11) is 4.87. The standard InChI is InChI=1S/C29H31N3O6/c1-35-17-27-14-28(15-27,16-27)32-26(34)29(9-10-29)25(33)31-18-4-6-19(7-5-18)38-22-8-11-30-21-13-24(37-3)23(36-2)12-20(21)22/h4-8,11-13H,9-10,14-17H2,1-3H3,(H,31,33)(H,32,34). The number of rotatable bonds is 10. The van der Waals surface area contributed by atoms with Gasteiger partial charge < -0.3 is 29.6 Å². The normalized spacial score (nSPS) is 24.0. The second-order valence-electron chi connectivity index (χ2n) is 10.9. The molecule has 4 saturated carbocycles. The van der Waals surface area contributed by atoms with Gasteiger partial charge in [0.25, 0.3) is 0 Å². The molecule has 3 aromatic rings. The summed E-state index contributed by atoms with van der Waals surface area (Å²) in [6, 6.07) is 12.5. The molecule has 198 valence electrons. The van der Waals surface area contributed by atoms with E-state index < -0.39 is 5.41 Å². The van der Waals surface area contributed by atoms with Gasteiger partial charge >= 0.3 is 0 Å². The van der Waals surface area contributed by atoms with E-state index in [2.05, 4.69) is 15.6 Å². The highest BCUT2D eigenvalue weighted by Gasteiger charge is 2.70. The van der Waals surface area contributed by atoms with E-state index in [-0.39, 0.29) is 22.8 Å². The van der Waals surface area contributed by atoms with Gasteiger partial charge in [-0.15, -0.1) is 0 Å². The predicted molar refractivity (Wildman–Crippen MR) is 141 cm³/mol. The topological polar surface area (TPSA) is 108 Å². The largest absolute Gasteiger partial charge is 0.493 e. The summed E-state index contributed by atoms with van der Waals surface area (Å²) in [5.41, 5.74) is 0.430. The molecule has 4 fully saturated rings. The summed E-state index contributed by atoms with van der Waals surface area (Å²) < 4.78 is 22.2. The smallest absolute Gasteiger partial charge is 0.240 e. The fourth-order valence-electron chi connectivity index (χ4n) is 6.15. The number of methoxy groups -OCH3 is 3. The van der Waals surface area contributed by atoms with E-state index in [1.807, 2.05) is 6.07 Å². The van der Waals surface area contributed by atoms with E-state index in [9.17, 15) is 9.59 Å². The van der Waals surface area contributed by atoms with E-state index >= 15 is 0 Å². The van der Waals surface area contributed by atoms with Crippen molar-refractivity contribution in [3.8, 4) is 23.0 Å². The van der Waals surface area contributed by atoms with Gasteiger partial charge in [-0.25, -0.2) is 0 Å². The van der Waals surface area contributed by atoms with Crippen LogP contribution in [0.4, 0.5) is 5.69 Å². The van der Waals surface area contributed by atoms with Gasteiger partial charge in [0.05, 0.1) is 26.3 Å². The molecule has 9 heteroatoms. The van der Waals surface area contributed by atoms with Crippen molar-refractivity contribution >= 4 is 28.4 Å². The van der Waals surface area contributed by atoms with Crippen LogP contribution in [-0.4, -0.2) is 50.3 Å². The van der Waals surface area contributed by atoms with Crippen molar-refractivity contribution in [1.82, 2.24) is 10.3 Å². The first-order valence-corrected chi connectivity index (χ1v) is 12.8. The SMILES string of the molecule is COCC12CC(NC(=O)C3(C(=O)Nc4ccc(Oc5ccnc6cc(OC)c(OC)cc56)cc4)CC3)(C1)C2. The number of carbonyl (C=O) groups excluding carboxylic acids is 2. The van der Waals surface area contributed by atoms with Crippen molar-refractivity contribution < 1.29 is 28.5 Å². The maximum atomic E-state index is 13.1. The third kappa shape index (κ3) is 4.01. The molecule has 1 aromatic heterocycles. The van der Waals surface area contributed by atoms with Gasteiger partial charge in [0.15, 0.2) is 11.5 Å². The van der Waals surface area contributed by atoms with Gasteiger partial charge in [-0.3, -0.25) is 14.6 Å². The lowest BCUT2D eigenvalue weighted by molar-refractivity contribution is -0.189. The molecule has 0 saturated heterocycles. The Morgan fingerprint density at radius 1 is 0.895 bits per heavy atom. The van der Waals surface area contributed by atoms with Crippen LogP contribution in [0.5, 0.6) is 23.0 Å². The molecule has 0 radical (unpaired) electrons. The Balaban J connectivity index is 1.10. The van der Waals surface area contributed by atoms with Gasteiger partial charge in [0.1, 0.15) is 16.9 Å². The Bertz CT molecular complexity index is 1400. The summed E-state index contributed by atoms with van der Waals surface area (Å²) in [5, 5.41) is 6.88. The second-order valence-corrected chi connectivity index (χ2v) is 10.9. The van der Waals surface area contributed by atoms with Crippen LogP contribution < -0.4 is 24.8 Å². The lowest BCUT2D eigenvalue weighted by Crippen LogP contribution is -2.76. The lowest BCUT2D eigenvalue weighted by Gasteiger charge is -2.70. The van der Waals surface area contributed by atoms with Crippen molar-refractivity contribution in [2.24, 2.45) is 10.8 Å². The van der Waals surface area contributed by atoms with Crippen LogP contribution in [-0.2, 0) is 14.3 Å². The molecule has 2 aromatic carbocycles. The zero-order valence-electron chi connectivity index (χ0n) is 21.8. The number of hydrogen-bond acceptors (Lipinski definition) is 7. The van der Waals surface area contributed by atoms with Crippen LogP contribution in [0, 0.1) is 10.8 Å². The van der Waals surface area contributed by atoms with Crippen molar-refractivity contribution in [3.05, 3.63) is 48.7 Å². The fraction of sp³-hybridized carbons (Fsp3) is 0.414. The van der Waals surface area contributed by atoms with Crippen molar-refractivity contribution in [1.29, 1.82) is 0 Å². The van der Waals surface area contributed by atoms with E-state index in [0.29, 0.717) is 47.0 Å². The molecule has 2 N–H and O–H groups in total. The molecule has 0 unspecified atom stereocenters. The number of ether oxygens (including phenoxy) is 4. The zero-order valence-corrected chi connectivity index (χ0v) is 21.8. The van der Waals surface area contributed by atoms with Crippen LogP contribution >= 0.6 is 0 Å². The second kappa shape index (κ2) is 8.87. The molecule has 7 rings (SSSR count). The molecule has 9 nitrogen and oxygen atoms in total. The summed E-state index contributed by atoms with van der Waals surface area (Å²) in [6.45, 7) is 0.732. The fourth-order valence-corrected chi connectivity index (χ4v) is 6.15.